The molecule has 0 aromatic heterocycles. The third-order valence-corrected chi connectivity index (χ3v) is 2.00. The summed E-state index contributed by atoms with van der Waals surface area (Å²) in [4.78, 5) is 0. The summed E-state index contributed by atoms with van der Waals surface area (Å²) in [5.74, 6) is 5.33. The first-order valence-corrected chi connectivity index (χ1v) is 3.98. The van der Waals surface area contributed by atoms with Gasteiger partial charge in [-0.05, 0) is 18.6 Å². The molecular weight excluding hydrogens is 172 g/mol. The van der Waals surface area contributed by atoms with Crippen molar-refractivity contribution < 1.29 is 5.11 Å². The maximum Gasteiger partial charge on any atom is 0.104 e. The maximum absolute atomic E-state index is 8.47. The molecule has 0 aliphatic heterocycles. The fourth-order valence-corrected chi connectivity index (χ4v) is 1.05. The van der Waals surface area contributed by atoms with E-state index in [0.717, 1.165) is 11.1 Å². The zero-order chi connectivity index (χ0) is 8.97. The third kappa shape index (κ3) is 2.01. The lowest BCUT2D eigenvalue weighted by atomic mass is 10.1. The minimum absolute atomic E-state index is 0.135. The third-order valence-electron chi connectivity index (χ3n) is 1.49. The minimum atomic E-state index is -0.135. The number of hydrogen-bond donors (Lipinski definition) is 1. The summed E-state index contributed by atoms with van der Waals surface area (Å²) < 4.78 is 0. The first kappa shape index (κ1) is 9.12. The lowest BCUT2D eigenvalue weighted by Gasteiger charge is -1.98. The van der Waals surface area contributed by atoms with E-state index in [-0.39, 0.29) is 6.61 Å². The summed E-state index contributed by atoms with van der Waals surface area (Å²) in [6.45, 7) is 1.79. The second-order valence-electron chi connectivity index (χ2n) is 2.40. The van der Waals surface area contributed by atoms with Gasteiger partial charge in [0.1, 0.15) is 6.61 Å². The van der Waals surface area contributed by atoms with E-state index in [1.165, 1.54) is 0 Å². The summed E-state index contributed by atoms with van der Waals surface area (Å²) in [7, 11) is 0. The smallest absolute Gasteiger partial charge is 0.104 e. The van der Waals surface area contributed by atoms with E-state index < -0.39 is 0 Å². The molecule has 0 heterocycles. The number of rotatable bonds is 0. The lowest BCUT2D eigenvalue weighted by molar-refractivity contribution is 0.350. The molecule has 0 saturated heterocycles. The zero-order valence-corrected chi connectivity index (χ0v) is 7.52. The first-order chi connectivity index (χ1) is 5.75. The summed E-state index contributed by atoms with van der Waals surface area (Å²) in [5.41, 5.74) is 1.77. The average Bonchev–Trinajstić information content (AvgIpc) is 2.08. The first-order valence-electron chi connectivity index (χ1n) is 3.60. The van der Waals surface area contributed by atoms with E-state index in [0.29, 0.717) is 5.02 Å². The predicted octanol–water partition coefficient (Wildman–Crippen LogP) is 1.99. The van der Waals surface area contributed by atoms with Gasteiger partial charge in [0, 0.05) is 5.56 Å². The highest BCUT2D eigenvalue weighted by Crippen LogP contribution is 2.18. The van der Waals surface area contributed by atoms with Gasteiger partial charge in [-0.1, -0.05) is 35.6 Å². The normalized spacial score (nSPS) is 8.92. The van der Waals surface area contributed by atoms with Crippen LogP contribution in [0.3, 0.4) is 0 Å². The van der Waals surface area contributed by atoms with Gasteiger partial charge in [0.25, 0.3) is 0 Å². The van der Waals surface area contributed by atoms with Crippen LogP contribution < -0.4 is 0 Å². The van der Waals surface area contributed by atoms with Crippen molar-refractivity contribution >= 4 is 11.6 Å². The van der Waals surface area contributed by atoms with Gasteiger partial charge in [-0.25, -0.2) is 0 Å². The average molecular weight is 181 g/mol. The molecule has 1 rings (SSSR count). The lowest BCUT2D eigenvalue weighted by Crippen LogP contribution is -1.81. The monoisotopic (exact) mass is 180 g/mol. The molecule has 0 atom stereocenters. The van der Waals surface area contributed by atoms with Crippen molar-refractivity contribution in [2.45, 2.75) is 6.92 Å². The van der Waals surface area contributed by atoms with Gasteiger partial charge >= 0.3 is 0 Å². The number of aliphatic hydroxyl groups excluding tert-OH is 1. The highest BCUT2D eigenvalue weighted by atomic mass is 35.5. The van der Waals surface area contributed by atoms with Crippen LogP contribution in [0.1, 0.15) is 11.1 Å². The summed E-state index contributed by atoms with van der Waals surface area (Å²) >= 11 is 5.94. The van der Waals surface area contributed by atoms with Crippen LogP contribution in [0.5, 0.6) is 0 Å². The Balaban J connectivity index is 3.08. The van der Waals surface area contributed by atoms with Crippen molar-refractivity contribution in [2.24, 2.45) is 0 Å². The molecule has 0 radical (unpaired) electrons. The van der Waals surface area contributed by atoms with E-state index in [9.17, 15) is 0 Å². The molecule has 0 aliphatic carbocycles. The fourth-order valence-electron chi connectivity index (χ4n) is 0.879. The molecule has 0 fully saturated rings. The summed E-state index contributed by atoms with van der Waals surface area (Å²) in [6.07, 6.45) is 0. The van der Waals surface area contributed by atoms with Gasteiger partial charge in [-0.3, -0.25) is 0 Å². The molecule has 0 bridgehead atoms. The van der Waals surface area contributed by atoms with Crippen molar-refractivity contribution in [1.82, 2.24) is 0 Å². The summed E-state index contributed by atoms with van der Waals surface area (Å²) in [6, 6.07) is 5.65. The van der Waals surface area contributed by atoms with Crippen LogP contribution in [0, 0.1) is 18.8 Å². The Hall–Kier alpha value is -0.970. The molecule has 0 aliphatic rings. The van der Waals surface area contributed by atoms with E-state index >= 15 is 0 Å². The Kier molecular flexibility index (Phi) is 3.16. The largest absolute Gasteiger partial charge is 0.384 e. The van der Waals surface area contributed by atoms with E-state index in [1.807, 2.05) is 25.1 Å². The van der Waals surface area contributed by atoms with E-state index in [4.69, 9.17) is 16.7 Å². The van der Waals surface area contributed by atoms with Gasteiger partial charge in [0.05, 0.1) is 5.02 Å². The van der Waals surface area contributed by atoms with Gasteiger partial charge in [0.15, 0.2) is 0 Å². The van der Waals surface area contributed by atoms with Crippen molar-refractivity contribution in [2.75, 3.05) is 6.61 Å². The maximum atomic E-state index is 8.47. The van der Waals surface area contributed by atoms with Gasteiger partial charge in [-0.15, -0.1) is 0 Å². The molecular formula is C10H9ClO. The SMILES string of the molecule is Cc1cccc(C#CCO)c1Cl. The zero-order valence-electron chi connectivity index (χ0n) is 6.76. The number of aliphatic hydroxyl groups is 1. The van der Waals surface area contributed by atoms with Gasteiger partial charge < -0.3 is 5.11 Å². The van der Waals surface area contributed by atoms with Crippen LogP contribution in [-0.4, -0.2) is 11.7 Å². The minimum Gasteiger partial charge on any atom is -0.384 e. The molecule has 1 N–H and O–H groups in total. The Bertz CT molecular complexity index is 333. The molecule has 0 saturated carbocycles. The standard InChI is InChI=1S/C10H9ClO/c1-8-4-2-5-9(10(8)11)6-3-7-12/h2,4-5,12H,7H2,1H3. The fraction of sp³-hybridized carbons (Fsp3) is 0.200. The van der Waals surface area contributed by atoms with Crippen molar-refractivity contribution in [1.29, 1.82) is 0 Å². The topological polar surface area (TPSA) is 20.2 Å². The number of halogens is 1. The van der Waals surface area contributed by atoms with Crippen LogP contribution in [0.15, 0.2) is 18.2 Å². The number of aryl methyl sites for hydroxylation is 1. The Morgan fingerprint density at radius 3 is 2.92 bits per heavy atom. The van der Waals surface area contributed by atoms with E-state index in [1.54, 1.807) is 0 Å². The van der Waals surface area contributed by atoms with Crippen molar-refractivity contribution in [3.63, 3.8) is 0 Å². The van der Waals surface area contributed by atoms with Crippen molar-refractivity contribution in [3.05, 3.63) is 34.3 Å². The van der Waals surface area contributed by atoms with Crippen LogP contribution in [0.4, 0.5) is 0 Å². The van der Waals surface area contributed by atoms with Crippen LogP contribution in [0.2, 0.25) is 5.02 Å². The van der Waals surface area contributed by atoms with Gasteiger partial charge in [-0.2, -0.15) is 0 Å². The molecule has 0 amide bonds. The molecule has 62 valence electrons. The highest BCUT2D eigenvalue weighted by Gasteiger charge is 1.97. The number of benzene rings is 1. The molecule has 1 nitrogen and oxygen atoms in total. The quantitative estimate of drug-likeness (QED) is 0.606. The van der Waals surface area contributed by atoms with Crippen LogP contribution in [0.25, 0.3) is 0 Å². The van der Waals surface area contributed by atoms with E-state index in [2.05, 4.69) is 11.8 Å². The highest BCUT2D eigenvalue weighted by molar-refractivity contribution is 6.32. The molecule has 1 aromatic carbocycles. The molecule has 1 aromatic rings. The molecule has 2 heteroatoms. The summed E-state index contributed by atoms with van der Waals surface area (Å²) in [5, 5.41) is 9.14. The second-order valence-corrected chi connectivity index (χ2v) is 2.77. The molecule has 0 unspecified atom stereocenters. The molecule has 0 spiro atoms. The molecule has 12 heavy (non-hydrogen) atoms. The van der Waals surface area contributed by atoms with Crippen molar-refractivity contribution in [3.8, 4) is 11.8 Å². The van der Waals surface area contributed by atoms with Crippen LogP contribution in [-0.2, 0) is 0 Å². The van der Waals surface area contributed by atoms with Gasteiger partial charge in [0.2, 0.25) is 0 Å². The Morgan fingerprint density at radius 1 is 1.50 bits per heavy atom. The second kappa shape index (κ2) is 4.15. The van der Waals surface area contributed by atoms with Crippen LogP contribution >= 0.6 is 11.6 Å². The predicted molar refractivity (Wildman–Crippen MR) is 50.2 cm³/mol. The number of hydrogen-bond acceptors (Lipinski definition) is 1. The Labute approximate surface area is 77.0 Å². The Morgan fingerprint density at radius 2 is 2.25 bits per heavy atom.